The van der Waals surface area contributed by atoms with Crippen molar-refractivity contribution in [2.75, 3.05) is 9.80 Å². The molecule has 254 valence electrons. The van der Waals surface area contributed by atoms with E-state index in [0.717, 1.165) is 43.1 Å². The number of hydrogen-bond donors (Lipinski definition) is 0. The van der Waals surface area contributed by atoms with Crippen molar-refractivity contribution in [2.45, 2.75) is 5.41 Å². The van der Waals surface area contributed by atoms with Crippen LogP contribution in [0.3, 0.4) is 0 Å². The Hall–Kier alpha value is -5.68. The van der Waals surface area contributed by atoms with Gasteiger partial charge in [0.2, 0.25) is 0 Å². The first-order valence-corrected chi connectivity index (χ1v) is 19.3. The van der Waals surface area contributed by atoms with E-state index >= 15 is 0 Å². The molecule has 2 nitrogen and oxygen atoms in total. The molecule has 0 fully saturated rings. The number of hydrogen-bond acceptors (Lipinski definition) is 2. The molecule has 0 unspecified atom stereocenters. The number of halogens is 2. The summed E-state index contributed by atoms with van der Waals surface area (Å²) >= 11 is 7.79. The highest BCUT2D eigenvalue weighted by molar-refractivity contribution is 9.10. The van der Waals surface area contributed by atoms with E-state index in [-0.39, 0.29) is 0 Å². The molecule has 8 aromatic rings. The van der Waals surface area contributed by atoms with Crippen molar-refractivity contribution in [1.82, 2.24) is 0 Å². The maximum atomic E-state index is 3.89. The lowest BCUT2D eigenvalue weighted by atomic mass is 9.67. The van der Waals surface area contributed by atoms with Gasteiger partial charge in [-0.1, -0.05) is 147 Å². The molecule has 1 aliphatic carbocycles. The van der Waals surface area contributed by atoms with E-state index in [2.05, 4.69) is 248 Å². The minimum atomic E-state index is -0.650. The molecule has 0 aromatic heterocycles. The lowest BCUT2D eigenvalue weighted by molar-refractivity contribution is 0.767. The molecular formula is C49H34Br2N2. The lowest BCUT2D eigenvalue weighted by Crippen LogP contribution is -2.29. The first-order valence-electron chi connectivity index (χ1n) is 17.7. The Kier molecular flexibility index (Phi) is 8.79. The second kappa shape index (κ2) is 14.0. The molecule has 0 heterocycles. The standard InChI is InChI=1S/C49H34Br2N2/c50-37-26-28-45-46-29-27-38(51)33-48(46)49(47(45)32-37,35-16-6-1-7-17-35)36-30-43(52(39-18-8-2-9-19-39)40-20-10-3-11-21-40)34-44(31-36)53(41-22-12-4-13-23-41)42-24-14-5-15-25-42/h1-34H. The predicted molar refractivity (Wildman–Crippen MR) is 229 cm³/mol. The Balaban J connectivity index is 1.44. The van der Waals surface area contributed by atoms with Gasteiger partial charge in [-0.05, 0) is 124 Å². The number of anilines is 6. The van der Waals surface area contributed by atoms with Gasteiger partial charge in [-0.2, -0.15) is 0 Å². The molecule has 0 bridgehead atoms. The van der Waals surface area contributed by atoms with Crippen molar-refractivity contribution in [3.05, 3.63) is 237 Å². The molecule has 9 rings (SSSR count). The second-order valence-corrected chi connectivity index (χ2v) is 15.1. The normalized spacial score (nSPS) is 12.5. The van der Waals surface area contributed by atoms with Crippen molar-refractivity contribution in [3.8, 4) is 11.1 Å². The van der Waals surface area contributed by atoms with E-state index in [9.17, 15) is 0 Å². The molecule has 0 saturated carbocycles. The van der Waals surface area contributed by atoms with Gasteiger partial charge in [0.25, 0.3) is 0 Å². The van der Waals surface area contributed by atoms with Gasteiger partial charge in [-0.3, -0.25) is 0 Å². The molecule has 4 heteroatoms. The van der Waals surface area contributed by atoms with Crippen molar-refractivity contribution < 1.29 is 0 Å². The summed E-state index contributed by atoms with van der Waals surface area (Å²) < 4.78 is 2.09. The van der Waals surface area contributed by atoms with E-state index in [1.165, 1.54) is 33.4 Å². The van der Waals surface area contributed by atoms with Gasteiger partial charge in [0.15, 0.2) is 0 Å². The smallest absolute Gasteiger partial charge is 0.0715 e. The van der Waals surface area contributed by atoms with Gasteiger partial charge in [0.05, 0.1) is 5.41 Å². The zero-order valence-electron chi connectivity index (χ0n) is 28.8. The fourth-order valence-corrected chi connectivity index (χ4v) is 8.74. The lowest BCUT2D eigenvalue weighted by Gasteiger charge is -2.37. The van der Waals surface area contributed by atoms with Crippen LogP contribution < -0.4 is 9.80 Å². The number of benzene rings is 8. The average molecular weight is 811 g/mol. The third-order valence-corrected chi connectivity index (χ3v) is 11.2. The number of fused-ring (bicyclic) bond motifs is 3. The van der Waals surface area contributed by atoms with E-state index in [4.69, 9.17) is 0 Å². The van der Waals surface area contributed by atoms with Crippen molar-refractivity contribution in [1.29, 1.82) is 0 Å². The molecule has 0 saturated heterocycles. The van der Waals surface area contributed by atoms with Crippen LogP contribution in [0.15, 0.2) is 215 Å². The summed E-state index contributed by atoms with van der Waals surface area (Å²) in [5.41, 5.74) is 13.1. The molecule has 0 N–H and O–H groups in total. The van der Waals surface area contributed by atoms with Crippen LogP contribution >= 0.6 is 31.9 Å². The molecule has 0 radical (unpaired) electrons. The Labute approximate surface area is 327 Å². The maximum absolute atomic E-state index is 3.89. The van der Waals surface area contributed by atoms with Gasteiger partial charge in [0, 0.05) is 43.1 Å². The summed E-state index contributed by atoms with van der Waals surface area (Å²) in [5, 5.41) is 0. The van der Waals surface area contributed by atoms with Gasteiger partial charge in [-0.15, -0.1) is 0 Å². The third kappa shape index (κ3) is 5.89. The summed E-state index contributed by atoms with van der Waals surface area (Å²) in [5.74, 6) is 0. The highest BCUT2D eigenvalue weighted by Gasteiger charge is 2.47. The topological polar surface area (TPSA) is 6.48 Å². The van der Waals surface area contributed by atoms with Crippen LogP contribution in [-0.4, -0.2) is 0 Å². The zero-order chi connectivity index (χ0) is 35.8. The molecule has 53 heavy (non-hydrogen) atoms. The van der Waals surface area contributed by atoms with Crippen LogP contribution in [0.25, 0.3) is 11.1 Å². The molecule has 0 aliphatic heterocycles. The molecule has 0 amide bonds. The predicted octanol–water partition coefficient (Wildman–Crippen LogP) is 14.5. The summed E-state index contributed by atoms with van der Waals surface area (Å²) in [6.07, 6.45) is 0. The minimum absolute atomic E-state index is 0.650. The molecule has 0 atom stereocenters. The monoisotopic (exact) mass is 808 g/mol. The van der Waals surface area contributed by atoms with E-state index < -0.39 is 5.41 Å². The highest BCUT2D eigenvalue weighted by atomic mass is 79.9. The van der Waals surface area contributed by atoms with Crippen molar-refractivity contribution >= 4 is 66.0 Å². The largest absolute Gasteiger partial charge is 0.310 e. The fourth-order valence-electron chi connectivity index (χ4n) is 8.02. The van der Waals surface area contributed by atoms with Crippen LogP contribution in [-0.2, 0) is 5.41 Å². The van der Waals surface area contributed by atoms with E-state index in [1.54, 1.807) is 0 Å². The fraction of sp³-hybridized carbons (Fsp3) is 0.0204. The summed E-state index contributed by atoms with van der Waals surface area (Å²) in [7, 11) is 0. The van der Waals surface area contributed by atoms with Crippen molar-refractivity contribution in [3.63, 3.8) is 0 Å². The van der Waals surface area contributed by atoms with Gasteiger partial charge < -0.3 is 9.80 Å². The first-order chi connectivity index (χ1) is 26.1. The van der Waals surface area contributed by atoms with Crippen LogP contribution in [0.4, 0.5) is 34.1 Å². The quantitative estimate of drug-likeness (QED) is 0.151. The summed E-state index contributed by atoms with van der Waals surface area (Å²) in [6, 6.07) is 74.3. The van der Waals surface area contributed by atoms with E-state index in [1.807, 2.05) is 0 Å². The summed E-state index contributed by atoms with van der Waals surface area (Å²) in [6.45, 7) is 0. The van der Waals surface area contributed by atoms with Crippen molar-refractivity contribution in [2.24, 2.45) is 0 Å². The number of rotatable bonds is 8. The van der Waals surface area contributed by atoms with Crippen LogP contribution in [0.2, 0.25) is 0 Å². The van der Waals surface area contributed by atoms with Crippen LogP contribution in [0.1, 0.15) is 22.3 Å². The first kappa shape index (κ1) is 33.2. The number of nitrogens with zero attached hydrogens (tertiary/aromatic N) is 2. The average Bonchev–Trinajstić information content (AvgIpc) is 3.49. The summed E-state index contributed by atoms with van der Waals surface area (Å²) in [4.78, 5) is 4.75. The molecule has 0 spiro atoms. The Morgan fingerprint density at radius 1 is 0.302 bits per heavy atom. The maximum Gasteiger partial charge on any atom is 0.0715 e. The molecular weight excluding hydrogens is 776 g/mol. The highest BCUT2D eigenvalue weighted by Crippen LogP contribution is 2.58. The van der Waals surface area contributed by atoms with Gasteiger partial charge in [-0.25, -0.2) is 0 Å². The Morgan fingerprint density at radius 2 is 0.642 bits per heavy atom. The minimum Gasteiger partial charge on any atom is -0.310 e. The Bertz CT molecular complexity index is 2290. The van der Waals surface area contributed by atoms with Gasteiger partial charge >= 0.3 is 0 Å². The SMILES string of the molecule is Brc1ccc2c(c1)C(c1ccccc1)(c1cc(N(c3ccccc3)c3ccccc3)cc(N(c3ccccc3)c3ccccc3)c1)c1cc(Br)ccc1-2. The van der Waals surface area contributed by atoms with Gasteiger partial charge in [0.1, 0.15) is 0 Å². The molecule has 1 aliphatic rings. The molecule has 8 aromatic carbocycles. The van der Waals surface area contributed by atoms with Crippen LogP contribution in [0.5, 0.6) is 0 Å². The Morgan fingerprint density at radius 3 is 1.00 bits per heavy atom. The second-order valence-electron chi connectivity index (χ2n) is 13.2. The third-order valence-electron chi connectivity index (χ3n) is 10.2. The number of para-hydroxylation sites is 4. The van der Waals surface area contributed by atoms with Crippen LogP contribution in [0, 0.1) is 0 Å². The zero-order valence-corrected chi connectivity index (χ0v) is 32.0. The van der Waals surface area contributed by atoms with E-state index in [0.29, 0.717) is 0 Å².